The number of ether oxygens (including phenoxy) is 1. The normalized spacial score (nSPS) is 12.9. The van der Waals surface area contributed by atoms with Crippen LogP contribution in [0.5, 0.6) is 11.5 Å². The lowest BCUT2D eigenvalue weighted by atomic mass is 9.66. The largest absolute Gasteiger partial charge is 0.457 e. The average Bonchev–Trinajstić information content (AvgIpc) is 4.02. The molecule has 60 heavy (non-hydrogen) atoms. The highest BCUT2D eigenvalue weighted by atomic mass is 16.5. The fourth-order valence-electron chi connectivity index (χ4n) is 9.15. The minimum atomic E-state index is -0.547. The maximum Gasteiger partial charge on any atom is 0.227 e. The second-order valence-electron chi connectivity index (χ2n) is 15.1. The molecule has 0 saturated carbocycles. The lowest BCUT2D eigenvalue weighted by Gasteiger charge is -2.39. The molecule has 1 spiro atoms. The van der Waals surface area contributed by atoms with Crippen LogP contribution in [0.15, 0.2) is 179 Å². The van der Waals surface area contributed by atoms with E-state index in [9.17, 15) is 0 Å². The third kappa shape index (κ3) is 4.94. The van der Waals surface area contributed by atoms with Gasteiger partial charge in [-0.15, -0.1) is 0 Å². The summed E-state index contributed by atoms with van der Waals surface area (Å²) in [5.41, 5.74) is 15.6. The van der Waals surface area contributed by atoms with Crippen molar-refractivity contribution >= 4 is 33.6 Å². The van der Waals surface area contributed by atoms with E-state index in [1.165, 1.54) is 22.3 Å². The first-order chi connectivity index (χ1) is 29.6. The molecule has 3 heterocycles. The number of fused-ring (bicyclic) bond motifs is 11. The second-order valence-corrected chi connectivity index (χ2v) is 15.1. The standard InChI is InChI=1S/C53H28N4O3/c1-54-37-20-23-49-45(29-37)56-51(59-49)35-25-34(26-36(27-35)52-57-46-30-38(55-2)21-24-50(46)60-52)32-17-15-31(16-18-32)33-19-22-40-39-9-3-4-10-41(39)53(44(40)28-33)42-11-5-7-13-47(42)58-48-14-8-6-12-43(48)53/h3-30H. The van der Waals surface area contributed by atoms with Gasteiger partial charge < -0.3 is 13.6 Å². The minimum absolute atomic E-state index is 0.419. The number of nitrogens with zero attached hydrogens (tertiary/aromatic N) is 4. The summed E-state index contributed by atoms with van der Waals surface area (Å²) >= 11 is 0. The zero-order valence-corrected chi connectivity index (χ0v) is 31.7. The van der Waals surface area contributed by atoms with E-state index in [1.54, 1.807) is 36.4 Å². The van der Waals surface area contributed by atoms with Crippen LogP contribution in [-0.4, -0.2) is 9.97 Å². The smallest absolute Gasteiger partial charge is 0.227 e. The molecule has 7 heteroatoms. The zero-order valence-electron chi connectivity index (χ0n) is 31.7. The van der Waals surface area contributed by atoms with Gasteiger partial charge in [0.1, 0.15) is 11.5 Å². The molecule has 7 nitrogen and oxygen atoms in total. The van der Waals surface area contributed by atoms with Crippen LogP contribution in [0.1, 0.15) is 22.3 Å². The van der Waals surface area contributed by atoms with Crippen LogP contribution in [0.4, 0.5) is 11.4 Å². The lowest BCUT2D eigenvalue weighted by molar-refractivity contribution is 0.436. The third-order valence-corrected chi connectivity index (χ3v) is 11.8. The van der Waals surface area contributed by atoms with Crippen LogP contribution in [-0.2, 0) is 5.41 Å². The molecule has 0 N–H and O–H groups in total. The molecule has 2 aromatic heterocycles. The van der Waals surface area contributed by atoms with Crippen molar-refractivity contribution in [1.29, 1.82) is 0 Å². The topological polar surface area (TPSA) is 70.0 Å². The van der Waals surface area contributed by atoms with E-state index in [0.717, 1.165) is 56.0 Å². The number of hydrogen-bond acceptors (Lipinski definition) is 5. The van der Waals surface area contributed by atoms with Gasteiger partial charge in [0.2, 0.25) is 11.8 Å². The molecular formula is C53H28N4O3. The highest BCUT2D eigenvalue weighted by Crippen LogP contribution is 2.62. The van der Waals surface area contributed by atoms with Gasteiger partial charge in [0.25, 0.3) is 0 Å². The molecule has 0 atom stereocenters. The summed E-state index contributed by atoms with van der Waals surface area (Å²) in [5, 5.41) is 0. The summed E-state index contributed by atoms with van der Waals surface area (Å²) < 4.78 is 19.0. The lowest BCUT2D eigenvalue weighted by Crippen LogP contribution is -2.32. The van der Waals surface area contributed by atoms with Crippen molar-refractivity contribution in [2.45, 2.75) is 5.41 Å². The molecule has 0 amide bonds. The van der Waals surface area contributed by atoms with Crippen molar-refractivity contribution in [3.05, 3.63) is 215 Å². The number of para-hydroxylation sites is 2. The quantitative estimate of drug-likeness (QED) is 0.167. The maximum atomic E-state index is 7.46. The summed E-state index contributed by atoms with van der Waals surface area (Å²) in [5.74, 6) is 2.57. The van der Waals surface area contributed by atoms with Crippen LogP contribution in [0.2, 0.25) is 0 Å². The zero-order chi connectivity index (χ0) is 40.0. The number of oxazole rings is 2. The Morgan fingerprint density at radius 1 is 0.400 bits per heavy atom. The van der Waals surface area contributed by atoms with Crippen LogP contribution in [0, 0.1) is 13.1 Å². The summed E-state index contributed by atoms with van der Waals surface area (Å²) in [7, 11) is 0. The van der Waals surface area contributed by atoms with Gasteiger partial charge in [-0.1, -0.05) is 109 Å². The molecule has 0 radical (unpaired) electrons. The fourth-order valence-corrected chi connectivity index (χ4v) is 9.15. The first-order valence-electron chi connectivity index (χ1n) is 19.5. The van der Waals surface area contributed by atoms with Crippen LogP contribution in [0.3, 0.4) is 0 Å². The Balaban J connectivity index is 0.986. The Bertz CT molecular complexity index is 3350. The van der Waals surface area contributed by atoms with E-state index in [0.29, 0.717) is 45.4 Å². The molecule has 0 fully saturated rings. The van der Waals surface area contributed by atoms with Gasteiger partial charge in [-0.05, 0) is 105 Å². The average molecular weight is 769 g/mol. The van der Waals surface area contributed by atoms with Crippen LogP contribution >= 0.6 is 0 Å². The van der Waals surface area contributed by atoms with Crippen molar-refractivity contribution in [3.63, 3.8) is 0 Å². The van der Waals surface area contributed by atoms with Gasteiger partial charge in [-0.2, -0.15) is 0 Å². The molecule has 2 aliphatic rings. The van der Waals surface area contributed by atoms with E-state index < -0.39 is 5.41 Å². The summed E-state index contributed by atoms with van der Waals surface area (Å²) in [6.07, 6.45) is 0. The molecule has 278 valence electrons. The predicted molar refractivity (Wildman–Crippen MR) is 233 cm³/mol. The Kier molecular flexibility index (Phi) is 7.14. The minimum Gasteiger partial charge on any atom is -0.457 e. The third-order valence-electron chi connectivity index (χ3n) is 11.8. The molecule has 0 unspecified atom stereocenters. The Hall–Kier alpha value is -8.52. The van der Waals surface area contributed by atoms with E-state index in [4.69, 9.17) is 36.7 Å². The summed E-state index contributed by atoms with van der Waals surface area (Å²) in [6, 6.07) is 57.6. The van der Waals surface area contributed by atoms with E-state index in [-0.39, 0.29) is 0 Å². The van der Waals surface area contributed by atoms with Crippen molar-refractivity contribution in [3.8, 4) is 67.8 Å². The van der Waals surface area contributed by atoms with Gasteiger partial charge in [0, 0.05) is 22.3 Å². The van der Waals surface area contributed by atoms with Crippen molar-refractivity contribution in [2.75, 3.05) is 0 Å². The Labute approximate surface area is 344 Å². The van der Waals surface area contributed by atoms with Crippen LogP contribution < -0.4 is 4.74 Å². The van der Waals surface area contributed by atoms with Gasteiger partial charge in [-0.3, -0.25) is 0 Å². The van der Waals surface area contributed by atoms with E-state index in [2.05, 4.69) is 125 Å². The van der Waals surface area contributed by atoms with Gasteiger partial charge >= 0.3 is 0 Å². The van der Waals surface area contributed by atoms with Crippen molar-refractivity contribution in [2.24, 2.45) is 0 Å². The van der Waals surface area contributed by atoms with E-state index in [1.807, 2.05) is 18.2 Å². The summed E-state index contributed by atoms with van der Waals surface area (Å²) in [6.45, 7) is 14.9. The molecule has 8 aromatic carbocycles. The number of hydrogen-bond donors (Lipinski definition) is 0. The monoisotopic (exact) mass is 768 g/mol. The number of rotatable bonds is 4. The number of benzene rings is 8. The molecular weight excluding hydrogens is 741 g/mol. The highest BCUT2D eigenvalue weighted by Gasteiger charge is 2.51. The number of aromatic nitrogens is 2. The molecule has 10 aromatic rings. The maximum absolute atomic E-state index is 7.46. The van der Waals surface area contributed by atoms with Gasteiger partial charge in [0.15, 0.2) is 22.5 Å². The first-order valence-corrected chi connectivity index (χ1v) is 19.5. The molecule has 0 saturated heterocycles. The molecule has 0 bridgehead atoms. The second kappa shape index (κ2) is 12.7. The SMILES string of the molecule is [C-]#[N+]c1ccc2oc(-c3cc(-c4ccc(-c5ccc6c(c5)C5(c7ccccc7Oc7ccccc75)c5ccccc5-6)cc4)cc(-c4nc5cc([N+]#[C-])ccc5o4)c3)nc2c1. The molecule has 1 aliphatic carbocycles. The fraction of sp³-hybridized carbons (Fsp3) is 0.0189. The highest BCUT2D eigenvalue weighted by molar-refractivity contribution is 5.91. The van der Waals surface area contributed by atoms with Crippen LogP contribution in [0.25, 0.3) is 88.2 Å². The Morgan fingerprint density at radius 3 is 1.47 bits per heavy atom. The van der Waals surface area contributed by atoms with Gasteiger partial charge in [0.05, 0.1) is 29.6 Å². The predicted octanol–water partition coefficient (Wildman–Crippen LogP) is 14.2. The summed E-state index contributed by atoms with van der Waals surface area (Å²) in [4.78, 5) is 16.7. The first kappa shape index (κ1) is 33.6. The van der Waals surface area contributed by atoms with Crippen molar-refractivity contribution < 1.29 is 13.6 Å². The Morgan fingerprint density at radius 2 is 0.883 bits per heavy atom. The van der Waals surface area contributed by atoms with Crippen molar-refractivity contribution in [1.82, 2.24) is 9.97 Å². The van der Waals surface area contributed by atoms with E-state index >= 15 is 0 Å². The van der Waals surface area contributed by atoms with Gasteiger partial charge in [-0.25, -0.2) is 19.7 Å². The molecule has 12 rings (SSSR count). The molecule has 1 aliphatic heterocycles.